The Balaban J connectivity index is 0.000000625. The highest BCUT2D eigenvalue weighted by Gasteiger charge is 2.18. The number of aryl methyl sites for hydroxylation is 12. The Labute approximate surface area is 709 Å². The van der Waals surface area contributed by atoms with Gasteiger partial charge in [0.05, 0.1) is 38.6 Å². The van der Waals surface area contributed by atoms with Crippen molar-refractivity contribution in [3.63, 3.8) is 0 Å². The van der Waals surface area contributed by atoms with Crippen LogP contribution in [-0.4, -0.2) is 64.4 Å². The van der Waals surface area contributed by atoms with Crippen LogP contribution in [0.5, 0.6) is 0 Å². The van der Waals surface area contributed by atoms with E-state index >= 15 is 0 Å². The largest absolute Gasteiger partial charge is 0.378 e. The highest BCUT2D eigenvalue weighted by molar-refractivity contribution is 5.25. The Morgan fingerprint density at radius 2 is 0.414 bits per heavy atom. The fourth-order valence-corrected chi connectivity index (χ4v) is 12.5. The normalized spacial score (nSPS) is 24.8. The summed E-state index contributed by atoms with van der Waals surface area (Å²) in [7, 11) is 0. The second-order valence-electron chi connectivity index (χ2n) is 36.2. The van der Waals surface area contributed by atoms with Gasteiger partial charge in [-0.25, -0.2) is 17.6 Å². The quantitative estimate of drug-likeness (QED) is 0.112. The minimum absolute atomic E-state index is 0.0196. The summed E-state index contributed by atoms with van der Waals surface area (Å²) >= 11 is 0. The average molecular weight is 1610 g/mol. The molecular weight excluding hydrogens is 1450 g/mol. The lowest BCUT2D eigenvalue weighted by atomic mass is 9.84. The molecule has 6 unspecified atom stereocenters. The van der Waals surface area contributed by atoms with E-state index in [9.17, 15) is 17.6 Å². The number of allylic oxidation sites excluding steroid dienone is 4. The predicted octanol–water partition coefficient (Wildman–Crippen LogP) is 31.2. The van der Waals surface area contributed by atoms with Gasteiger partial charge in [0, 0.05) is 25.0 Å². The van der Waals surface area contributed by atoms with E-state index in [4.69, 9.17) is 28.4 Å². The Bertz CT molecular complexity index is 2950. The molecule has 656 valence electrons. The van der Waals surface area contributed by atoms with Crippen molar-refractivity contribution in [1.82, 2.24) is 0 Å². The van der Waals surface area contributed by atoms with Crippen LogP contribution in [0.4, 0.5) is 17.6 Å². The SMILES string of the molecule is CC1=CCC(C)CC1.CC1=CCC(C)CC1.CC1CCC(C)CC1.CC1CCC(C)CC1.CC1CCC(C)OC1.CC1CCC(C)OC1.CC1COC(C)OC1.CC1COC(C)OC1.Cc1ccc(C)c(F)c1.Cc1ccc(C)c(F)c1.Cc1ccc(C)c(F)c1.Cc1ccc(C)c(F)c1.Cc1ccc(C)cc1.Cc1ccc(C)cc1. The van der Waals surface area contributed by atoms with Crippen molar-refractivity contribution < 1.29 is 46.0 Å². The second-order valence-corrected chi connectivity index (χ2v) is 36.2. The summed E-state index contributed by atoms with van der Waals surface area (Å²) in [5.41, 5.74) is 15.2. The summed E-state index contributed by atoms with van der Waals surface area (Å²) in [6, 6.07) is 37.8. The van der Waals surface area contributed by atoms with Crippen molar-refractivity contribution in [2.75, 3.05) is 39.6 Å². The predicted molar refractivity (Wildman–Crippen MR) is 491 cm³/mol. The van der Waals surface area contributed by atoms with Crippen LogP contribution in [0.25, 0.3) is 0 Å². The monoisotopic (exact) mass is 1610 g/mol. The van der Waals surface area contributed by atoms with Gasteiger partial charge in [0.1, 0.15) is 23.3 Å². The molecule has 0 bridgehead atoms. The molecule has 6 nitrogen and oxygen atoms in total. The maximum atomic E-state index is 12.6. The number of benzene rings is 6. The molecule has 4 aliphatic heterocycles. The van der Waals surface area contributed by atoms with Gasteiger partial charge in [-0.2, -0.15) is 0 Å². The van der Waals surface area contributed by atoms with Gasteiger partial charge < -0.3 is 28.4 Å². The molecule has 6 aromatic rings. The summed E-state index contributed by atoms with van der Waals surface area (Å²) in [5, 5.41) is 0. The van der Waals surface area contributed by atoms with Gasteiger partial charge in [-0.05, 0) is 305 Å². The molecule has 0 amide bonds. The van der Waals surface area contributed by atoms with Crippen molar-refractivity contribution in [1.29, 1.82) is 0 Å². The van der Waals surface area contributed by atoms with Crippen LogP contribution in [0.1, 0.15) is 293 Å². The van der Waals surface area contributed by atoms with Gasteiger partial charge in [0.2, 0.25) is 0 Å². The average Bonchev–Trinajstić information content (AvgIpc) is 0.909. The molecular formula is C106H168F4O6. The third-order valence-electron chi connectivity index (χ3n) is 22.1. The van der Waals surface area contributed by atoms with Crippen molar-refractivity contribution >= 4 is 0 Å². The topological polar surface area (TPSA) is 55.4 Å². The molecule has 2 saturated carbocycles. The number of halogens is 4. The first-order valence-corrected chi connectivity index (χ1v) is 44.7. The van der Waals surface area contributed by atoms with E-state index < -0.39 is 0 Å². The second kappa shape index (κ2) is 63.3. The molecule has 0 N–H and O–H groups in total. The van der Waals surface area contributed by atoms with Crippen LogP contribution >= 0.6 is 0 Å². The van der Waals surface area contributed by atoms with Crippen LogP contribution < -0.4 is 0 Å². The lowest BCUT2D eigenvalue weighted by Gasteiger charge is -2.24. The molecule has 8 aliphatic rings. The van der Waals surface area contributed by atoms with Crippen molar-refractivity contribution in [3.05, 3.63) is 235 Å². The number of ether oxygens (including phenoxy) is 6. The highest BCUT2D eigenvalue weighted by Crippen LogP contribution is 2.29. The fraction of sp³-hybridized carbons (Fsp3) is 0.623. The molecule has 6 atom stereocenters. The molecule has 10 heteroatoms. The lowest BCUT2D eigenvalue weighted by Crippen LogP contribution is -2.27. The zero-order chi connectivity index (χ0) is 87.2. The Kier molecular flexibility index (Phi) is 59.1. The Morgan fingerprint density at radius 3 is 0.560 bits per heavy atom. The molecule has 6 aromatic carbocycles. The maximum absolute atomic E-state index is 12.6. The summed E-state index contributed by atoms with van der Waals surface area (Å²) in [5.74, 6) is 8.25. The molecule has 116 heavy (non-hydrogen) atoms. The van der Waals surface area contributed by atoms with Crippen molar-refractivity contribution in [3.8, 4) is 0 Å². The van der Waals surface area contributed by atoms with E-state index in [1.165, 1.54) is 162 Å². The molecule has 4 aliphatic carbocycles. The third kappa shape index (κ3) is 58.2. The molecule has 0 spiro atoms. The van der Waals surface area contributed by atoms with Crippen LogP contribution in [0.15, 0.2) is 145 Å². The minimum atomic E-state index is -0.116. The van der Waals surface area contributed by atoms with Gasteiger partial charge in [0.15, 0.2) is 12.6 Å². The number of hydrogen-bond acceptors (Lipinski definition) is 6. The van der Waals surface area contributed by atoms with Gasteiger partial charge in [-0.3, -0.25) is 0 Å². The van der Waals surface area contributed by atoms with E-state index in [0.29, 0.717) is 46.3 Å². The molecule has 14 rings (SSSR count). The first kappa shape index (κ1) is 108. The summed E-state index contributed by atoms with van der Waals surface area (Å²) < 4.78 is 81.8. The van der Waals surface area contributed by atoms with E-state index in [1.807, 2.05) is 65.8 Å². The summed E-state index contributed by atoms with van der Waals surface area (Å²) in [4.78, 5) is 0. The standard InChI is InChI=1S/4C8H9F.2C8H16.2C8H14.2C8H10.2C7H14O.2C6H12O2/c4*1-6-3-4-7(2)8(9)5-6;6*1-7-3-5-8(2)6-4-7;2*1-6-3-4-7(2)8-5-6;2*1-5-3-7-6(2)8-4-5/h4*3-5H,1-2H3;2*7-8H,3-6H2,1-2H3;2*3,8H,4-6H2,1-2H3;2*3-6H,1-2H3;2*6-7H,3-5H2,1-2H3;2*5-6H,3-4H2,1-2H3. The Morgan fingerprint density at radius 1 is 0.216 bits per heavy atom. The molecule has 0 radical (unpaired) electrons. The van der Waals surface area contributed by atoms with Crippen molar-refractivity contribution in [2.45, 2.75) is 334 Å². The zero-order valence-electron chi connectivity index (χ0n) is 78.7. The molecule has 6 fully saturated rings. The number of hydrogen-bond donors (Lipinski definition) is 0. The third-order valence-corrected chi connectivity index (χ3v) is 22.1. The van der Waals surface area contributed by atoms with Crippen molar-refractivity contribution in [2.24, 2.45) is 59.2 Å². The lowest BCUT2D eigenvalue weighted by molar-refractivity contribution is -0.187. The van der Waals surface area contributed by atoms with E-state index in [-0.39, 0.29) is 35.8 Å². The first-order chi connectivity index (χ1) is 54.7. The minimum Gasteiger partial charge on any atom is -0.378 e. The van der Waals surface area contributed by atoms with E-state index in [0.717, 1.165) is 109 Å². The van der Waals surface area contributed by atoms with Gasteiger partial charge in [0.25, 0.3) is 0 Å². The molecule has 4 heterocycles. The summed E-state index contributed by atoms with van der Waals surface area (Å²) in [6.45, 7) is 63.7. The summed E-state index contributed by atoms with van der Waals surface area (Å²) in [6.07, 6.45) is 30.9. The first-order valence-electron chi connectivity index (χ1n) is 44.7. The van der Waals surface area contributed by atoms with Crippen LogP contribution in [-0.2, 0) is 28.4 Å². The fourth-order valence-electron chi connectivity index (χ4n) is 12.5. The van der Waals surface area contributed by atoms with Crippen LogP contribution in [0.2, 0.25) is 0 Å². The van der Waals surface area contributed by atoms with Crippen LogP contribution in [0, 0.1) is 166 Å². The molecule has 0 aromatic heterocycles. The van der Waals surface area contributed by atoms with Gasteiger partial charge in [-0.1, -0.05) is 263 Å². The molecule has 4 saturated heterocycles. The Hall–Kier alpha value is -5.72. The van der Waals surface area contributed by atoms with Crippen LogP contribution in [0.3, 0.4) is 0 Å². The van der Waals surface area contributed by atoms with E-state index in [2.05, 4.69) is 185 Å². The van der Waals surface area contributed by atoms with Gasteiger partial charge >= 0.3 is 0 Å². The number of rotatable bonds is 0. The highest BCUT2D eigenvalue weighted by atomic mass is 19.1. The van der Waals surface area contributed by atoms with E-state index in [1.54, 1.807) is 63.1 Å². The zero-order valence-corrected chi connectivity index (χ0v) is 78.7. The van der Waals surface area contributed by atoms with Gasteiger partial charge in [-0.15, -0.1) is 0 Å². The maximum Gasteiger partial charge on any atom is 0.154 e. The smallest absolute Gasteiger partial charge is 0.154 e.